The molecule has 0 bridgehead atoms. The Morgan fingerprint density at radius 3 is 2.49 bits per heavy atom. The van der Waals surface area contributed by atoms with Gasteiger partial charge in [-0.1, -0.05) is 12.8 Å². The standard InChI is InChI=1S/C26H41N7O2/c1-30-23-19-22(33-10-4-2-3-5-11-33)20-27-24(23)25(29-30)26(34)28-21-7-12-32(13-8-21)15-14-31-9-6-17-35-18-16-31/h19-21H,2-18H2,1H3,(H,28,34). The third kappa shape index (κ3) is 6.13. The molecule has 5 rings (SSSR count). The summed E-state index contributed by atoms with van der Waals surface area (Å²) in [6, 6.07) is 2.34. The summed E-state index contributed by atoms with van der Waals surface area (Å²) < 4.78 is 7.36. The van der Waals surface area contributed by atoms with Crippen molar-refractivity contribution in [2.45, 2.75) is 51.0 Å². The smallest absolute Gasteiger partial charge is 0.274 e. The summed E-state index contributed by atoms with van der Waals surface area (Å²) in [7, 11) is 1.90. The van der Waals surface area contributed by atoms with Crippen molar-refractivity contribution in [1.82, 2.24) is 29.9 Å². The van der Waals surface area contributed by atoms with Crippen LogP contribution in [-0.4, -0.2) is 102 Å². The minimum Gasteiger partial charge on any atom is -0.380 e. The Balaban J connectivity index is 1.15. The lowest BCUT2D eigenvalue weighted by atomic mass is 10.0. The van der Waals surface area contributed by atoms with E-state index in [2.05, 4.69) is 31.2 Å². The van der Waals surface area contributed by atoms with Crippen LogP contribution in [0.4, 0.5) is 5.69 Å². The Morgan fingerprint density at radius 2 is 1.71 bits per heavy atom. The number of rotatable bonds is 6. The lowest BCUT2D eigenvalue weighted by molar-refractivity contribution is 0.0901. The minimum atomic E-state index is -0.103. The van der Waals surface area contributed by atoms with Gasteiger partial charge in [0.2, 0.25) is 0 Å². The first-order valence-electron chi connectivity index (χ1n) is 13.6. The summed E-state index contributed by atoms with van der Waals surface area (Å²) >= 11 is 0. The van der Waals surface area contributed by atoms with Crippen LogP contribution >= 0.6 is 0 Å². The average Bonchev–Trinajstić information content (AvgIpc) is 3.13. The highest BCUT2D eigenvalue weighted by molar-refractivity contribution is 6.03. The topological polar surface area (TPSA) is 78.8 Å². The molecule has 0 unspecified atom stereocenters. The van der Waals surface area contributed by atoms with Gasteiger partial charge < -0.3 is 19.9 Å². The summed E-state index contributed by atoms with van der Waals surface area (Å²) in [5.41, 5.74) is 3.19. The molecule has 9 heteroatoms. The lowest BCUT2D eigenvalue weighted by Crippen LogP contribution is -2.46. The fourth-order valence-electron chi connectivity index (χ4n) is 5.64. The fourth-order valence-corrected chi connectivity index (χ4v) is 5.64. The molecule has 0 aromatic carbocycles. The molecule has 0 aliphatic carbocycles. The van der Waals surface area contributed by atoms with Crippen LogP contribution in [-0.2, 0) is 11.8 Å². The maximum atomic E-state index is 13.1. The summed E-state index contributed by atoms with van der Waals surface area (Å²) in [5, 5.41) is 7.80. The van der Waals surface area contributed by atoms with E-state index < -0.39 is 0 Å². The number of aryl methyl sites for hydroxylation is 1. The third-order valence-electron chi connectivity index (χ3n) is 7.83. The van der Waals surface area contributed by atoms with Crippen molar-refractivity contribution in [3.63, 3.8) is 0 Å². The van der Waals surface area contributed by atoms with Crippen LogP contribution in [0.2, 0.25) is 0 Å². The molecule has 1 N–H and O–H groups in total. The molecule has 3 aliphatic rings. The van der Waals surface area contributed by atoms with Crippen LogP contribution in [0.1, 0.15) is 55.4 Å². The number of ether oxygens (including phenoxy) is 1. The van der Waals surface area contributed by atoms with Gasteiger partial charge in [0.15, 0.2) is 5.69 Å². The number of carbonyl (C=O) groups is 1. The highest BCUT2D eigenvalue weighted by Crippen LogP contribution is 2.24. The molecule has 3 aliphatic heterocycles. The number of hydrogen-bond donors (Lipinski definition) is 1. The Labute approximate surface area is 208 Å². The number of amides is 1. The highest BCUT2D eigenvalue weighted by Gasteiger charge is 2.25. The van der Waals surface area contributed by atoms with Crippen LogP contribution in [0.3, 0.4) is 0 Å². The molecule has 0 radical (unpaired) electrons. The van der Waals surface area contributed by atoms with Crippen molar-refractivity contribution in [2.24, 2.45) is 7.05 Å². The zero-order chi connectivity index (χ0) is 24.0. The molecule has 3 fully saturated rings. The first-order chi connectivity index (χ1) is 17.2. The van der Waals surface area contributed by atoms with Crippen LogP contribution in [0.25, 0.3) is 11.0 Å². The van der Waals surface area contributed by atoms with Gasteiger partial charge in [-0.05, 0) is 38.2 Å². The van der Waals surface area contributed by atoms with Crippen LogP contribution in [0.15, 0.2) is 12.3 Å². The number of piperidine rings is 1. The van der Waals surface area contributed by atoms with Crippen molar-refractivity contribution < 1.29 is 9.53 Å². The van der Waals surface area contributed by atoms with Crippen molar-refractivity contribution in [3.8, 4) is 0 Å². The number of aromatic nitrogens is 3. The molecule has 1 amide bonds. The Bertz CT molecular complexity index is 969. The normalized spacial score (nSPS) is 21.7. The van der Waals surface area contributed by atoms with Gasteiger partial charge in [0.25, 0.3) is 5.91 Å². The van der Waals surface area contributed by atoms with E-state index >= 15 is 0 Å². The molecule has 5 heterocycles. The number of pyridine rings is 1. The van der Waals surface area contributed by atoms with E-state index in [1.165, 1.54) is 25.7 Å². The minimum absolute atomic E-state index is 0.103. The SMILES string of the molecule is Cn1nc(C(=O)NC2CCN(CCN3CCCOCC3)CC2)c2ncc(N3CCCCCC3)cc21. The predicted molar refractivity (Wildman–Crippen MR) is 138 cm³/mol. The van der Waals surface area contributed by atoms with Crippen molar-refractivity contribution in [2.75, 3.05) is 70.5 Å². The first kappa shape index (κ1) is 24.5. The molecule has 2 aromatic heterocycles. The van der Waals surface area contributed by atoms with Gasteiger partial charge >= 0.3 is 0 Å². The fraction of sp³-hybridized carbons (Fsp3) is 0.731. The zero-order valence-corrected chi connectivity index (χ0v) is 21.3. The summed E-state index contributed by atoms with van der Waals surface area (Å²) in [6.07, 6.45) is 10.1. The molecular formula is C26H41N7O2. The number of likely N-dealkylation sites (tertiary alicyclic amines) is 1. The molecule has 0 saturated carbocycles. The van der Waals surface area contributed by atoms with Gasteiger partial charge in [-0.25, -0.2) is 4.98 Å². The van der Waals surface area contributed by atoms with Gasteiger partial charge in [0, 0.05) is 72.1 Å². The quantitative estimate of drug-likeness (QED) is 0.675. The summed E-state index contributed by atoms with van der Waals surface area (Å²) in [4.78, 5) is 25.3. The predicted octanol–water partition coefficient (Wildman–Crippen LogP) is 2.27. The van der Waals surface area contributed by atoms with Crippen LogP contribution in [0.5, 0.6) is 0 Å². The zero-order valence-electron chi connectivity index (χ0n) is 21.3. The first-order valence-corrected chi connectivity index (χ1v) is 13.6. The second kappa shape index (κ2) is 11.7. The van der Waals surface area contributed by atoms with E-state index in [-0.39, 0.29) is 11.9 Å². The lowest BCUT2D eigenvalue weighted by Gasteiger charge is -2.33. The van der Waals surface area contributed by atoms with Crippen molar-refractivity contribution in [1.29, 1.82) is 0 Å². The maximum Gasteiger partial charge on any atom is 0.274 e. The summed E-state index contributed by atoms with van der Waals surface area (Å²) in [5.74, 6) is -0.103. The Kier molecular flexibility index (Phi) is 8.16. The van der Waals surface area contributed by atoms with Gasteiger partial charge in [-0.15, -0.1) is 0 Å². The summed E-state index contributed by atoms with van der Waals surface area (Å²) in [6.45, 7) is 10.3. The second-order valence-corrected chi connectivity index (χ2v) is 10.3. The Hall–Kier alpha value is -2.23. The molecule has 0 spiro atoms. The number of nitrogens with zero attached hydrogens (tertiary/aromatic N) is 6. The van der Waals surface area contributed by atoms with Crippen LogP contribution < -0.4 is 10.2 Å². The van der Waals surface area contributed by atoms with Gasteiger partial charge in [0.05, 0.1) is 24.0 Å². The molecule has 3 saturated heterocycles. The molecular weight excluding hydrogens is 442 g/mol. The monoisotopic (exact) mass is 483 g/mol. The number of hydrogen-bond acceptors (Lipinski definition) is 7. The molecule has 2 aromatic rings. The van der Waals surface area contributed by atoms with E-state index in [1.54, 1.807) is 4.68 Å². The van der Waals surface area contributed by atoms with Gasteiger partial charge in [0.1, 0.15) is 5.52 Å². The average molecular weight is 484 g/mol. The second-order valence-electron chi connectivity index (χ2n) is 10.3. The van der Waals surface area contributed by atoms with E-state index in [0.29, 0.717) is 11.2 Å². The number of carbonyl (C=O) groups excluding carboxylic acids is 1. The van der Waals surface area contributed by atoms with Crippen molar-refractivity contribution in [3.05, 3.63) is 18.0 Å². The molecule has 0 atom stereocenters. The van der Waals surface area contributed by atoms with Crippen LogP contribution in [0, 0.1) is 0 Å². The number of anilines is 1. The van der Waals surface area contributed by atoms with E-state index in [0.717, 1.165) is 96.0 Å². The van der Waals surface area contributed by atoms with E-state index in [1.807, 2.05) is 13.2 Å². The Morgan fingerprint density at radius 1 is 0.971 bits per heavy atom. The number of nitrogens with one attached hydrogen (secondary N) is 1. The van der Waals surface area contributed by atoms with Gasteiger partial charge in [-0.3, -0.25) is 14.4 Å². The van der Waals surface area contributed by atoms with E-state index in [9.17, 15) is 4.79 Å². The molecule has 9 nitrogen and oxygen atoms in total. The molecule has 192 valence electrons. The maximum absolute atomic E-state index is 13.1. The van der Waals surface area contributed by atoms with Crippen molar-refractivity contribution >= 4 is 22.6 Å². The third-order valence-corrected chi connectivity index (χ3v) is 7.83. The highest BCUT2D eigenvalue weighted by atomic mass is 16.5. The van der Waals surface area contributed by atoms with Gasteiger partial charge in [-0.2, -0.15) is 5.10 Å². The van der Waals surface area contributed by atoms with E-state index in [4.69, 9.17) is 9.72 Å². The number of fused-ring (bicyclic) bond motifs is 1. The molecule has 35 heavy (non-hydrogen) atoms. The largest absolute Gasteiger partial charge is 0.380 e.